The second-order valence-electron chi connectivity index (χ2n) is 6.73. The number of amides is 1. The molecule has 2 aromatic carbocycles. The van der Waals surface area contributed by atoms with E-state index >= 15 is 0 Å². The van der Waals surface area contributed by atoms with Crippen molar-refractivity contribution in [1.82, 2.24) is 25.2 Å². The highest BCUT2D eigenvalue weighted by atomic mass is 35.5. The van der Waals surface area contributed by atoms with Crippen LogP contribution in [0.1, 0.15) is 5.56 Å². The van der Waals surface area contributed by atoms with E-state index in [2.05, 4.69) is 25.7 Å². The van der Waals surface area contributed by atoms with Crippen LogP contribution in [0.4, 0.5) is 0 Å². The Labute approximate surface area is 200 Å². The average molecular weight is 475 g/mol. The van der Waals surface area contributed by atoms with Crippen LogP contribution < -0.4 is 5.43 Å². The molecular formula is C24H19ClN6OS. The number of pyridine rings is 1. The molecule has 1 N–H and O–H groups in total. The van der Waals surface area contributed by atoms with Crippen LogP contribution in [-0.4, -0.2) is 37.6 Å². The zero-order valence-electron chi connectivity index (χ0n) is 17.4. The third-order valence-electron chi connectivity index (χ3n) is 4.43. The summed E-state index contributed by atoms with van der Waals surface area (Å²) < 4.78 is 1.88. The number of hydrogen-bond acceptors (Lipinski definition) is 6. The molecule has 0 saturated heterocycles. The zero-order chi connectivity index (χ0) is 22.9. The fraction of sp³-hybridized carbons (Fsp3) is 0.0417. The largest absolute Gasteiger partial charge is 0.272 e. The van der Waals surface area contributed by atoms with Crippen molar-refractivity contribution in [2.75, 3.05) is 5.75 Å². The van der Waals surface area contributed by atoms with Crippen molar-refractivity contribution in [3.8, 4) is 17.1 Å². The Bertz CT molecular complexity index is 1260. The Morgan fingerprint density at radius 1 is 1.03 bits per heavy atom. The molecule has 0 atom stereocenters. The monoisotopic (exact) mass is 474 g/mol. The summed E-state index contributed by atoms with van der Waals surface area (Å²) in [5.74, 6) is 0.522. The van der Waals surface area contributed by atoms with Crippen LogP contribution in [0.2, 0.25) is 5.02 Å². The minimum absolute atomic E-state index is 0.127. The van der Waals surface area contributed by atoms with Crippen LogP contribution >= 0.6 is 23.4 Å². The molecule has 164 valence electrons. The van der Waals surface area contributed by atoms with Crippen molar-refractivity contribution in [2.24, 2.45) is 5.10 Å². The molecule has 0 bridgehead atoms. The van der Waals surface area contributed by atoms with E-state index in [-0.39, 0.29) is 11.7 Å². The van der Waals surface area contributed by atoms with Gasteiger partial charge in [-0.2, -0.15) is 5.10 Å². The Hall–Kier alpha value is -3.75. The van der Waals surface area contributed by atoms with Gasteiger partial charge < -0.3 is 0 Å². The smallest absolute Gasteiger partial charge is 0.250 e. The average Bonchev–Trinajstić information content (AvgIpc) is 3.28. The van der Waals surface area contributed by atoms with E-state index in [0.29, 0.717) is 16.0 Å². The van der Waals surface area contributed by atoms with E-state index in [9.17, 15) is 4.79 Å². The lowest BCUT2D eigenvalue weighted by Crippen LogP contribution is -2.19. The van der Waals surface area contributed by atoms with Crippen LogP contribution in [0.15, 0.2) is 95.5 Å². The van der Waals surface area contributed by atoms with E-state index in [1.807, 2.05) is 65.2 Å². The maximum absolute atomic E-state index is 12.3. The van der Waals surface area contributed by atoms with Gasteiger partial charge in [-0.15, -0.1) is 10.2 Å². The van der Waals surface area contributed by atoms with Crippen LogP contribution in [0, 0.1) is 0 Å². The summed E-state index contributed by atoms with van der Waals surface area (Å²) in [6.45, 7) is 0. The molecule has 1 amide bonds. The number of hydrazone groups is 1. The normalized spacial score (nSPS) is 11.3. The molecule has 0 spiro atoms. The fourth-order valence-corrected chi connectivity index (χ4v) is 3.78. The highest BCUT2D eigenvalue weighted by Crippen LogP contribution is 2.28. The fourth-order valence-electron chi connectivity index (χ4n) is 2.91. The number of benzene rings is 2. The van der Waals surface area contributed by atoms with E-state index in [1.54, 1.807) is 30.6 Å². The van der Waals surface area contributed by atoms with Crippen LogP contribution in [0.3, 0.4) is 0 Å². The number of carbonyl (C=O) groups excluding carboxylic acids is 1. The molecule has 2 heterocycles. The maximum Gasteiger partial charge on any atom is 0.250 e. The van der Waals surface area contributed by atoms with Gasteiger partial charge >= 0.3 is 0 Å². The van der Waals surface area contributed by atoms with E-state index in [1.165, 1.54) is 18.0 Å². The Balaban J connectivity index is 1.44. The predicted octanol–water partition coefficient (Wildman–Crippen LogP) is 4.89. The molecule has 4 rings (SSSR count). The summed E-state index contributed by atoms with van der Waals surface area (Å²) in [4.78, 5) is 16.3. The highest BCUT2D eigenvalue weighted by molar-refractivity contribution is 7.99. The number of thioether (sulfide) groups is 1. The number of rotatable bonds is 8. The molecule has 2 aromatic heterocycles. The Morgan fingerprint density at radius 3 is 2.55 bits per heavy atom. The SMILES string of the molecule is O=C(CSc1nnc(-c2ccncc2)n1-c1ccc(Cl)cc1)NN=CC=Cc1ccccc1. The Kier molecular flexibility index (Phi) is 7.63. The lowest BCUT2D eigenvalue weighted by atomic mass is 10.2. The van der Waals surface area contributed by atoms with Crippen LogP contribution in [-0.2, 0) is 4.79 Å². The number of hydrogen-bond donors (Lipinski definition) is 1. The Morgan fingerprint density at radius 2 is 1.79 bits per heavy atom. The highest BCUT2D eigenvalue weighted by Gasteiger charge is 2.17. The molecule has 0 aliphatic heterocycles. The van der Waals surface area contributed by atoms with Gasteiger partial charge in [-0.3, -0.25) is 14.3 Å². The quantitative estimate of drug-likeness (QED) is 0.223. The summed E-state index contributed by atoms with van der Waals surface area (Å²) >= 11 is 7.32. The molecule has 33 heavy (non-hydrogen) atoms. The first-order chi connectivity index (χ1) is 16.2. The summed E-state index contributed by atoms with van der Waals surface area (Å²) in [7, 11) is 0. The lowest BCUT2D eigenvalue weighted by molar-refractivity contribution is -0.118. The van der Waals surface area contributed by atoms with Gasteiger partial charge in [0.05, 0.1) is 5.75 Å². The predicted molar refractivity (Wildman–Crippen MR) is 132 cm³/mol. The first-order valence-corrected chi connectivity index (χ1v) is 11.4. The van der Waals surface area contributed by atoms with Gasteiger partial charge in [0.2, 0.25) is 0 Å². The number of halogens is 1. The number of aromatic nitrogens is 4. The van der Waals surface area contributed by atoms with Gasteiger partial charge in [-0.25, -0.2) is 5.43 Å². The van der Waals surface area contributed by atoms with Crippen molar-refractivity contribution < 1.29 is 4.79 Å². The van der Waals surface area contributed by atoms with Crippen molar-refractivity contribution in [1.29, 1.82) is 0 Å². The van der Waals surface area contributed by atoms with Gasteiger partial charge in [0.15, 0.2) is 11.0 Å². The van der Waals surface area contributed by atoms with Gasteiger partial charge in [-0.1, -0.05) is 59.8 Å². The molecule has 0 radical (unpaired) electrons. The van der Waals surface area contributed by atoms with Gasteiger partial charge in [0.25, 0.3) is 5.91 Å². The lowest BCUT2D eigenvalue weighted by Gasteiger charge is -2.10. The number of carbonyl (C=O) groups is 1. The van der Waals surface area contributed by atoms with E-state index in [4.69, 9.17) is 11.6 Å². The minimum Gasteiger partial charge on any atom is -0.272 e. The molecule has 0 aliphatic rings. The summed E-state index contributed by atoms with van der Waals surface area (Å²) in [6, 6.07) is 20.9. The summed E-state index contributed by atoms with van der Waals surface area (Å²) in [5.41, 5.74) is 5.27. The van der Waals surface area contributed by atoms with E-state index in [0.717, 1.165) is 16.8 Å². The zero-order valence-corrected chi connectivity index (χ0v) is 18.9. The number of nitrogens with zero attached hydrogens (tertiary/aromatic N) is 5. The molecule has 0 fully saturated rings. The molecule has 9 heteroatoms. The summed E-state index contributed by atoms with van der Waals surface area (Å²) in [5, 5.41) is 13.8. The third-order valence-corrected chi connectivity index (χ3v) is 5.61. The second-order valence-corrected chi connectivity index (χ2v) is 8.10. The van der Waals surface area contributed by atoms with Crippen molar-refractivity contribution in [3.05, 3.63) is 95.8 Å². The molecule has 0 unspecified atom stereocenters. The third kappa shape index (κ3) is 6.15. The summed E-state index contributed by atoms with van der Waals surface area (Å²) in [6.07, 6.45) is 8.59. The maximum atomic E-state index is 12.3. The first-order valence-electron chi connectivity index (χ1n) is 9.99. The first kappa shape index (κ1) is 22.4. The number of nitrogens with one attached hydrogen (secondary N) is 1. The molecular weight excluding hydrogens is 456 g/mol. The van der Waals surface area contributed by atoms with Crippen molar-refractivity contribution in [2.45, 2.75) is 5.16 Å². The van der Waals surface area contributed by atoms with Crippen LogP contribution in [0.25, 0.3) is 23.2 Å². The molecule has 7 nitrogen and oxygen atoms in total. The van der Waals surface area contributed by atoms with Gasteiger partial charge in [-0.05, 0) is 48.0 Å². The standard InChI is InChI=1S/C24H19ClN6OS/c25-20-8-10-21(11-9-20)31-23(19-12-15-26-16-13-19)29-30-24(31)33-17-22(32)28-27-14-4-7-18-5-2-1-3-6-18/h1-16H,17H2,(H,28,32). The van der Waals surface area contributed by atoms with Gasteiger partial charge in [0.1, 0.15) is 0 Å². The van der Waals surface area contributed by atoms with E-state index < -0.39 is 0 Å². The second kappa shape index (κ2) is 11.2. The van der Waals surface area contributed by atoms with Crippen LogP contribution in [0.5, 0.6) is 0 Å². The molecule has 0 aliphatic carbocycles. The van der Waals surface area contributed by atoms with Crippen molar-refractivity contribution >= 4 is 41.6 Å². The topological polar surface area (TPSA) is 85.1 Å². The minimum atomic E-state index is -0.250. The number of allylic oxidation sites excluding steroid dienone is 1. The molecule has 0 saturated carbocycles. The van der Waals surface area contributed by atoms with Gasteiger partial charge in [0, 0.05) is 34.9 Å². The van der Waals surface area contributed by atoms with Crippen molar-refractivity contribution in [3.63, 3.8) is 0 Å². The molecule has 4 aromatic rings.